The smallest absolute Gasteiger partial charge is 0.330 e. The highest BCUT2D eigenvalue weighted by Gasteiger charge is 2.21. The van der Waals surface area contributed by atoms with Crippen LogP contribution in [0.25, 0.3) is 22.2 Å². The lowest BCUT2D eigenvalue weighted by Crippen LogP contribution is -2.36. The molecule has 8 nitrogen and oxygen atoms in total. The molecule has 0 atom stereocenters. The minimum atomic E-state index is -0.459. The van der Waals surface area contributed by atoms with Gasteiger partial charge in [-0.25, -0.2) is 4.79 Å². The quantitative estimate of drug-likeness (QED) is 0.530. The standard InChI is InChI=1S/C22H19ClN4O4/c1-25-17-12-27(24-20(28)14-6-10-16(31-3)11-7-14)19(13-4-8-15(23)9-5-13)18(17)21(29)26(2)22(25)30/h4-12H,1-3H3,(H,24,28). The summed E-state index contributed by atoms with van der Waals surface area (Å²) in [4.78, 5) is 38.3. The van der Waals surface area contributed by atoms with Crippen LogP contribution in [0.15, 0.2) is 64.3 Å². The van der Waals surface area contributed by atoms with Gasteiger partial charge in [0.15, 0.2) is 0 Å². The van der Waals surface area contributed by atoms with Crippen molar-refractivity contribution in [2.45, 2.75) is 0 Å². The fourth-order valence-corrected chi connectivity index (χ4v) is 3.56. The van der Waals surface area contributed by atoms with Gasteiger partial charge in [0.05, 0.1) is 29.9 Å². The monoisotopic (exact) mass is 438 g/mol. The van der Waals surface area contributed by atoms with Crippen molar-refractivity contribution in [1.82, 2.24) is 13.8 Å². The summed E-state index contributed by atoms with van der Waals surface area (Å²) in [6.45, 7) is 0. The Balaban J connectivity index is 1.92. The lowest BCUT2D eigenvalue weighted by Gasteiger charge is -2.12. The Bertz CT molecular complexity index is 1410. The number of methoxy groups -OCH3 is 1. The average molecular weight is 439 g/mol. The van der Waals surface area contributed by atoms with Gasteiger partial charge in [0.25, 0.3) is 11.5 Å². The van der Waals surface area contributed by atoms with Crippen LogP contribution in [0.5, 0.6) is 5.75 Å². The van der Waals surface area contributed by atoms with Gasteiger partial charge in [-0.1, -0.05) is 23.7 Å². The number of carbonyl (C=O) groups is 1. The highest BCUT2D eigenvalue weighted by Crippen LogP contribution is 2.28. The van der Waals surface area contributed by atoms with Crippen LogP contribution in [-0.4, -0.2) is 26.8 Å². The summed E-state index contributed by atoms with van der Waals surface area (Å²) in [5, 5.41) is 0.843. The summed E-state index contributed by atoms with van der Waals surface area (Å²) >= 11 is 6.02. The summed E-state index contributed by atoms with van der Waals surface area (Å²) in [6, 6.07) is 13.5. The Hall–Kier alpha value is -3.78. The number of nitrogens with zero attached hydrogens (tertiary/aromatic N) is 3. The molecule has 1 N–H and O–H groups in total. The van der Waals surface area contributed by atoms with Crippen LogP contribution in [0.2, 0.25) is 5.02 Å². The lowest BCUT2D eigenvalue weighted by atomic mass is 10.1. The van der Waals surface area contributed by atoms with Gasteiger partial charge in [0.2, 0.25) is 0 Å². The van der Waals surface area contributed by atoms with E-state index in [1.807, 2.05) is 0 Å². The van der Waals surface area contributed by atoms with Crippen LogP contribution >= 0.6 is 11.6 Å². The third kappa shape index (κ3) is 3.51. The Morgan fingerprint density at radius 1 is 0.968 bits per heavy atom. The van der Waals surface area contributed by atoms with Crippen molar-refractivity contribution in [3.05, 3.63) is 86.2 Å². The number of hydrogen-bond acceptors (Lipinski definition) is 4. The van der Waals surface area contributed by atoms with Gasteiger partial charge in [-0.3, -0.25) is 28.8 Å². The molecule has 0 aliphatic carbocycles. The van der Waals surface area contributed by atoms with Crippen LogP contribution in [0.4, 0.5) is 0 Å². The van der Waals surface area contributed by atoms with Crippen molar-refractivity contribution in [2.75, 3.05) is 12.5 Å². The maximum atomic E-state index is 13.0. The maximum absolute atomic E-state index is 13.0. The minimum absolute atomic E-state index is 0.307. The minimum Gasteiger partial charge on any atom is -0.497 e. The molecule has 0 unspecified atom stereocenters. The fourth-order valence-electron chi connectivity index (χ4n) is 3.44. The first-order valence-corrected chi connectivity index (χ1v) is 9.72. The Morgan fingerprint density at radius 2 is 1.61 bits per heavy atom. The number of aryl methyl sites for hydroxylation is 1. The van der Waals surface area contributed by atoms with Gasteiger partial charge in [-0.05, 0) is 36.4 Å². The van der Waals surface area contributed by atoms with Crippen molar-refractivity contribution in [3.63, 3.8) is 0 Å². The second-order valence-corrected chi connectivity index (χ2v) is 7.43. The third-order valence-electron chi connectivity index (χ3n) is 5.13. The maximum Gasteiger partial charge on any atom is 0.330 e. The summed E-state index contributed by atoms with van der Waals surface area (Å²) in [6.07, 6.45) is 1.56. The van der Waals surface area contributed by atoms with E-state index in [-0.39, 0.29) is 5.91 Å². The predicted molar refractivity (Wildman–Crippen MR) is 120 cm³/mol. The highest BCUT2D eigenvalue weighted by molar-refractivity contribution is 6.30. The van der Waals surface area contributed by atoms with Crippen molar-refractivity contribution >= 4 is 28.4 Å². The molecular formula is C22H19ClN4O4. The molecule has 4 rings (SSSR count). The zero-order valence-corrected chi connectivity index (χ0v) is 17.8. The summed E-state index contributed by atoms with van der Waals surface area (Å²) in [5.74, 6) is 0.239. The lowest BCUT2D eigenvalue weighted by molar-refractivity contribution is 0.101. The summed E-state index contributed by atoms with van der Waals surface area (Å²) < 4.78 is 8.99. The number of carbonyl (C=O) groups excluding carboxylic acids is 1. The molecule has 0 aliphatic rings. The molecule has 0 spiro atoms. The van der Waals surface area contributed by atoms with E-state index in [9.17, 15) is 14.4 Å². The number of nitrogens with one attached hydrogen (secondary N) is 1. The molecule has 9 heteroatoms. The molecular weight excluding hydrogens is 420 g/mol. The van der Waals surface area contributed by atoms with Gasteiger partial charge in [-0.2, -0.15) is 0 Å². The van der Waals surface area contributed by atoms with Crippen LogP contribution in [-0.2, 0) is 14.1 Å². The van der Waals surface area contributed by atoms with E-state index in [0.29, 0.717) is 38.5 Å². The van der Waals surface area contributed by atoms with Crippen molar-refractivity contribution in [2.24, 2.45) is 14.1 Å². The number of ether oxygens (including phenoxy) is 1. The van der Waals surface area contributed by atoms with Gasteiger partial charge < -0.3 is 4.74 Å². The van der Waals surface area contributed by atoms with Crippen LogP contribution in [0.3, 0.4) is 0 Å². The van der Waals surface area contributed by atoms with E-state index in [1.165, 1.54) is 16.3 Å². The van der Waals surface area contributed by atoms with Gasteiger partial charge in [0.1, 0.15) is 5.75 Å². The van der Waals surface area contributed by atoms with E-state index in [0.717, 1.165) is 4.57 Å². The first-order chi connectivity index (χ1) is 14.8. The molecule has 1 amide bonds. The highest BCUT2D eigenvalue weighted by atomic mass is 35.5. The second-order valence-electron chi connectivity index (χ2n) is 6.99. The molecule has 0 aliphatic heterocycles. The molecule has 0 saturated carbocycles. The molecule has 0 radical (unpaired) electrons. The number of halogens is 1. The number of fused-ring (bicyclic) bond motifs is 1. The van der Waals surface area contributed by atoms with E-state index in [2.05, 4.69) is 5.43 Å². The number of benzene rings is 2. The van der Waals surface area contributed by atoms with Crippen LogP contribution < -0.4 is 21.4 Å². The Morgan fingerprint density at radius 3 is 2.23 bits per heavy atom. The first kappa shape index (κ1) is 20.5. The zero-order valence-electron chi connectivity index (χ0n) is 17.0. The summed E-state index contributed by atoms with van der Waals surface area (Å²) in [7, 11) is 4.54. The van der Waals surface area contributed by atoms with Crippen LogP contribution in [0.1, 0.15) is 10.4 Å². The first-order valence-electron chi connectivity index (χ1n) is 9.34. The van der Waals surface area contributed by atoms with Gasteiger partial charge in [-0.15, -0.1) is 0 Å². The number of rotatable bonds is 4. The SMILES string of the molecule is COc1ccc(C(=O)Nn2cc3c(c2-c2ccc(Cl)cc2)c(=O)n(C)c(=O)n3C)cc1. The number of amides is 1. The topological polar surface area (TPSA) is 87.3 Å². The predicted octanol–water partition coefficient (Wildman–Crippen LogP) is 2.75. The molecule has 2 aromatic carbocycles. The van der Waals surface area contributed by atoms with E-state index < -0.39 is 11.2 Å². The van der Waals surface area contributed by atoms with E-state index in [4.69, 9.17) is 16.3 Å². The second kappa shape index (κ2) is 7.81. The number of aromatic nitrogens is 3. The van der Waals surface area contributed by atoms with Crippen LogP contribution in [0, 0.1) is 0 Å². The van der Waals surface area contributed by atoms with E-state index >= 15 is 0 Å². The normalized spacial score (nSPS) is 11.0. The molecule has 2 heterocycles. The third-order valence-corrected chi connectivity index (χ3v) is 5.38. The molecule has 4 aromatic rings. The molecule has 31 heavy (non-hydrogen) atoms. The van der Waals surface area contributed by atoms with Gasteiger partial charge in [0, 0.05) is 30.2 Å². The molecule has 0 fully saturated rings. The Kier molecular flexibility index (Phi) is 5.16. The van der Waals surface area contributed by atoms with Gasteiger partial charge >= 0.3 is 5.69 Å². The number of hydrogen-bond donors (Lipinski definition) is 1. The fraction of sp³-hybridized carbons (Fsp3) is 0.136. The molecule has 0 saturated heterocycles. The largest absolute Gasteiger partial charge is 0.497 e. The van der Waals surface area contributed by atoms with E-state index in [1.54, 1.807) is 68.9 Å². The molecule has 158 valence electrons. The van der Waals surface area contributed by atoms with Crippen molar-refractivity contribution in [3.8, 4) is 17.0 Å². The zero-order chi connectivity index (χ0) is 22.3. The van der Waals surface area contributed by atoms with Crippen molar-refractivity contribution in [1.29, 1.82) is 0 Å². The average Bonchev–Trinajstić information content (AvgIpc) is 3.16. The molecule has 2 aromatic heterocycles. The van der Waals surface area contributed by atoms with Crippen molar-refractivity contribution < 1.29 is 9.53 Å². The Labute approximate surface area is 181 Å². The molecule has 0 bridgehead atoms. The summed E-state index contributed by atoms with van der Waals surface area (Å²) in [5.41, 5.74) is 3.79.